The summed E-state index contributed by atoms with van der Waals surface area (Å²) in [6, 6.07) is -0.804. The van der Waals surface area contributed by atoms with Crippen molar-refractivity contribution in [2.75, 3.05) is 6.61 Å². The summed E-state index contributed by atoms with van der Waals surface area (Å²) >= 11 is 0. The molecule has 0 saturated heterocycles. The molecule has 94 valence electrons. The highest BCUT2D eigenvalue weighted by Gasteiger charge is 2.19. The number of rotatable bonds is 6. The highest BCUT2D eigenvalue weighted by molar-refractivity contribution is 5.84. The van der Waals surface area contributed by atoms with Gasteiger partial charge >= 0.3 is 5.97 Å². The second-order valence-corrected chi connectivity index (χ2v) is 4.15. The second-order valence-electron chi connectivity index (χ2n) is 4.15. The summed E-state index contributed by atoms with van der Waals surface area (Å²) in [6.45, 7) is 7.53. The SMILES string of the molecule is CCOC(=O)C(C)NC(=O)CC(N)C(C)C. The average molecular weight is 230 g/mol. The lowest BCUT2D eigenvalue weighted by Gasteiger charge is -2.17. The van der Waals surface area contributed by atoms with E-state index in [9.17, 15) is 9.59 Å². The lowest BCUT2D eigenvalue weighted by atomic mass is 10.0. The lowest BCUT2D eigenvalue weighted by molar-refractivity contribution is -0.146. The first kappa shape index (κ1) is 14.9. The van der Waals surface area contributed by atoms with Gasteiger partial charge in [-0.25, -0.2) is 4.79 Å². The van der Waals surface area contributed by atoms with Crippen molar-refractivity contribution in [2.24, 2.45) is 11.7 Å². The van der Waals surface area contributed by atoms with Crippen LogP contribution in [0.3, 0.4) is 0 Å². The van der Waals surface area contributed by atoms with Crippen molar-refractivity contribution in [1.29, 1.82) is 0 Å². The third kappa shape index (κ3) is 5.70. The first-order valence-electron chi connectivity index (χ1n) is 5.60. The number of amides is 1. The van der Waals surface area contributed by atoms with E-state index in [1.165, 1.54) is 0 Å². The summed E-state index contributed by atoms with van der Waals surface area (Å²) in [5.74, 6) is -0.403. The van der Waals surface area contributed by atoms with Gasteiger partial charge in [0.1, 0.15) is 6.04 Å². The molecule has 0 rings (SSSR count). The normalized spacial score (nSPS) is 14.4. The van der Waals surface area contributed by atoms with Crippen LogP contribution in [-0.2, 0) is 14.3 Å². The molecule has 0 radical (unpaired) electrons. The molecule has 5 nitrogen and oxygen atoms in total. The molecule has 0 heterocycles. The summed E-state index contributed by atoms with van der Waals surface area (Å²) < 4.78 is 4.77. The van der Waals surface area contributed by atoms with E-state index in [0.29, 0.717) is 6.61 Å². The van der Waals surface area contributed by atoms with Crippen LogP contribution in [0, 0.1) is 5.92 Å². The molecular formula is C11H22N2O3. The molecule has 5 heteroatoms. The molecule has 2 atom stereocenters. The van der Waals surface area contributed by atoms with Crippen LogP contribution in [0.4, 0.5) is 0 Å². The van der Waals surface area contributed by atoms with Crippen LogP contribution in [0.5, 0.6) is 0 Å². The van der Waals surface area contributed by atoms with Crippen LogP contribution in [0.15, 0.2) is 0 Å². The highest BCUT2D eigenvalue weighted by atomic mass is 16.5. The quantitative estimate of drug-likeness (QED) is 0.648. The van der Waals surface area contributed by atoms with Gasteiger partial charge < -0.3 is 15.8 Å². The van der Waals surface area contributed by atoms with Gasteiger partial charge in [0.2, 0.25) is 5.91 Å². The highest BCUT2D eigenvalue weighted by Crippen LogP contribution is 2.02. The minimum absolute atomic E-state index is 0.186. The third-order valence-electron chi connectivity index (χ3n) is 2.30. The zero-order valence-electron chi connectivity index (χ0n) is 10.4. The molecule has 3 N–H and O–H groups in total. The van der Waals surface area contributed by atoms with Gasteiger partial charge in [-0.3, -0.25) is 4.79 Å². The van der Waals surface area contributed by atoms with Crippen LogP contribution >= 0.6 is 0 Å². The maximum atomic E-state index is 11.5. The van der Waals surface area contributed by atoms with E-state index >= 15 is 0 Å². The van der Waals surface area contributed by atoms with Crippen molar-refractivity contribution < 1.29 is 14.3 Å². The maximum absolute atomic E-state index is 11.5. The van der Waals surface area contributed by atoms with Gasteiger partial charge in [0.15, 0.2) is 0 Å². The average Bonchev–Trinajstić information content (AvgIpc) is 2.17. The second kappa shape index (κ2) is 7.22. The van der Waals surface area contributed by atoms with E-state index in [-0.39, 0.29) is 24.3 Å². The molecule has 0 bridgehead atoms. The number of carbonyl (C=O) groups is 2. The Morgan fingerprint density at radius 2 is 1.88 bits per heavy atom. The van der Waals surface area contributed by atoms with E-state index in [1.807, 2.05) is 13.8 Å². The number of carbonyl (C=O) groups excluding carboxylic acids is 2. The van der Waals surface area contributed by atoms with E-state index in [4.69, 9.17) is 10.5 Å². The fourth-order valence-electron chi connectivity index (χ4n) is 1.08. The standard InChI is InChI=1S/C11H22N2O3/c1-5-16-11(15)8(4)13-10(14)6-9(12)7(2)3/h7-9H,5-6,12H2,1-4H3,(H,13,14). The minimum Gasteiger partial charge on any atom is -0.464 e. The molecule has 2 unspecified atom stereocenters. The van der Waals surface area contributed by atoms with Gasteiger partial charge in [-0.2, -0.15) is 0 Å². The molecule has 0 saturated carbocycles. The molecule has 0 aliphatic carbocycles. The first-order chi connectivity index (χ1) is 7.38. The molecule has 0 aliphatic heterocycles. The zero-order chi connectivity index (χ0) is 12.7. The van der Waals surface area contributed by atoms with Gasteiger partial charge in [-0.15, -0.1) is 0 Å². The third-order valence-corrected chi connectivity index (χ3v) is 2.30. The Hall–Kier alpha value is -1.10. The predicted molar refractivity (Wildman–Crippen MR) is 61.7 cm³/mol. The van der Waals surface area contributed by atoms with E-state index in [1.54, 1.807) is 13.8 Å². The molecule has 0 fully saturated rings. The Morgan fingerprint density at radius 1 is 1.31 bits per heavy atom. The number of nitrogens with one attached hydrogen (secondary N) is 1. The number of esters is 1. The molecule has 0 aromatic carbocycles. The van der Waals surface area contributed by atoms with Crippen molar-refractivity contribution in [1.82, 2.24) is 5.32 Å². The Balaban J connectivity index is 4.00. The van der Waals surface area contributed by atoms with Crippen LogP contribution in [0.2, 0.25) is 0 Å². The van der Waals surface area contributed by atoms with Gasteiger partial charge in [0, 0.05) is 12.5 Å². The number of ether oxygens (including phenoxy) is 1. The summed E-state index contributed by atoms with van der Waals surface area (Å²) in [4.78, 5) is 22.7. The molecule has 0 aromatic rings. The Labute approximate surface area is 96.7 Å². The van der Waals surface area contributed by atoms with Gasteiger partial charge in [-0.05, 0) is 19.8 Å². The van der Waals surface area contributed by atoms with Crippen LogP contribution < -0.4 is 11.1 Å². The lowest BCUT2D eigenvalue weighted by Crippen LogP contribution is -2.42. The summed E-state index contributed by atoms with van der Waals surface area (Å²) in [5, 5.41) is 2.56. The summed E-state index contributed by atoms with van der Waals surface area (Å²) in [5.41, 5.74) is 5.75. The molecule has 1 amide bonds. The first-order valence-corrected chi connectivity index (χ1v) is 5.60. The van der Waals surface area contributed by atoms with Crippen molar-refractivity contribution >= 4 is 11.9 Å². The maximum Gasteiger partial charge on any atom is 0.328 e. The smallest absolute Gasteiger partial charge is 0.328 e. The van der Waals surface area contributed by atoms with E-state index in [2.05, 4.69) is 5.32 Å². The number of hydrogen-bond donors (Lipinski definition) is 2. The number of nitrogens with two attached hydrogens (primary N) is 1. The Morgan fingerprint density at radius 3 is 2.31 bits per heavy atom. The van der Waals surface area contributed by atoms with Crippen molar-refractivity contribution in [3.63, 3.8) is 0 Å². The summed E-state index contributed by atoms with van der Waals surface area (Å²) in [7, 11) is 0. The van der Waals surface area contributed by atoms with Crippen LogP contribution in [-0.4, -0.2) is 30.6 Å². The predicted octanol–water partition coefficient (Wildman–Crippen LogP) is 0.428. The van der Waals surface area contributed by atoms with E-state index in [0.717, 1.165) is 0 Å². The fourth-order valence-corrected chi connectivity index (χ4v) is 1.08. The minimum atomic E-state index is -0.619. The topological polar surface area (TPSA) is 81.4 Å². The van der Waals surface area contributed by atoms with Gasteiger partial charge in [0.05, 0.1) is 6.61 Å². The van der Waals surface area contributed by atoms with Crippen molar-refractivity contribution in [2.45, 2.75) is 46.2 Å². The van der Waals surface area contributed by atoms with Crippen molar-refractivity contribution in [3.8, 4) is 0 Å². The fraction of sp³-hybridized carbons (Fsp3) is 0.818. The monoisotopic (exact) mass is 230 g/mol. The molecular weight excluding hydrogens is 208 g/mol. The Kier molecular flexibility index (Phi) is 6.72. The summed E-state index contributed by atoms with van der Waals surface area (Å²) in [6.07, 6.45) is 0.224. The largest absolute Gasteiger partial charge is 0.464 e. The van der Waals surface area contributed by atoms with Gasteiger partial charge in [-0.1, -0.05) is 13.8 Å². The van der Waals surface area contributed by atoms with Crippen molar-refractivity contribution in [3.05, 3.63) is 0 Å². The van der Waals surface area contributed by atoms with Crippen LogP contribution in [0.25, 0.3) is 0 Å². The van der Waals surface area contributed by atoms with Gasteiger partial charge in [0.25, 0.3) is 0 Å². The molecule has 0 spiro atoms. The zero-order valence-corrected chi connectivity index (χ0v) is 10.4. The van der Waals surface area contributed by atoms with E-state index < -0.39 is 12.0 Å². The molecule has 16 heavy (non-hydrogen) atoms. The Bertz CT molecular complexity index is 241. The number of hydrogen-bond acceptors (Lipinski definition) is 4. The molecule has 0 aliphatic rings. The van der Waals surface area contributed by atoms with Crippen LogP contribution in [0.1, 0.15) is 34.1 Å². The molecule has 0 aromatic heterocycles.